The van der Waals surface area contributed by atoms with Crippen LogP contribution < -0.4 is 5.73 Å². The first-order valence-corrected chi connectivity index (χ1v) is 11.9. The van der Waals surface area contributed by atoms with Gasteiger partial charge in [0.1, 0.15) is 6.10 Å². The molecule has 1 saturated carbocycles. The van der Waals surface area contributed by atoms with Crippen molar-refractivity contribution in [2.75, 3.05) is 0 Å². The number of esters is 1. The molecule has 2 heterocycles. The summed E-state index contributed by atoms with van der Waals surface area (Å²) in [5.74, 6) is -0.897. The number of fused-ring (bicyclic) bond motifs is 1. The molecule has 6 atom stereocenters. The summed E-state index contributed by atoms with van der Waals surface area (Å²) in [4.78, 5) is 17.0. The van der Waals surface area contributed by atoms with E-state index < -0.39 is 29.1 Å². The molecule has 34 heavy (non-hydrogen) atoms. The van der Waals surface area contributed by atoms with E-state index in [-0.39, 0.29) is 11.8 Å². The van der Waals surface area contributed by atoms with Crippen LogP contribution in [0.3, 0.4) is 0 Å². The Morgan fingerprint density at radius 2 is 1.79 bits per heavy atom. The summed E-state index contributed by atoms with van der Waals surface area (Å²) >= 11 is 0. The summed E-state index contributed by atoms with van der Waals surface area (Å²) in [5, 5.41) is 11.2. The van der Waals surface area contributed by atoms with Gasteiger partial charge in [0.15, 0.2) is 5.60 Å². The lowest BCUT2D eigenvalue weighted by atomic mass is 9.56. The van der Waals surface area contributed by atoms with Crippen LogP contribution in [0.4, 0.5) is 0 Å². The van der Waals surface area contributed by atoms with Crippen molar-refractivity contribution in [2.45, 2.75) is 65.2 Å². The van der Waals surface area contributed by atoms with Crippen LogP contribution in [-0.2, 0) is 9.53 Å². The number of benzene rings is 1. The fraction of sp³-hybridized carbons (Fsp3) is 0.448. The highest BCUT2D eigenvalue weighted by atomic mass is 16.6. The molecule has 0 spiro atoms. The average Bonchev–Trinajstić information content (AvgIpc) is 3.07. The smallest absolute Gasteiger partial charge is 0.338 e. The number of cyclic esters (lactones) is 1. The molecule has 0 amide bonds. The fourth-order valence-corrected chi connectivity index (χ4v) is 5.37. The predicted octanol–water partition coefficient (Wildman–Crippen LogP) is 5.01. The quantitative estimate of drug-likeness (QED) is 0.495. The summed E-state index contributed by atoms with van der Waals surface area (Å²) in [6.07, 6.45) is 13.6. The zero-order chi connectivity index (χ0) is 25.7. The number of aliphatic hydroxyl groups is 1. The van der Waals surface area contributed by atoms with Gasteiger partial charge in [-0.05, 0) is 55.4 Å². The molecule has 1 saturated heterocycles. The minimum Gasteiger partial charge on any atom is -0.460 e. The van der Waals surface area contributed by atoms with Gasteiger partial charge in [0, 0.05) is 17.3 Å². The van der Waals surface area contributed by atoms with E-state index in [1.165, 1.54) is 5.56 Å². The number of nitrogens with two attached hydrogens (primary N) is 1. The van der Waals surface area contributed by atoms with E-state index in [1.807, 2.05) is 70.3 Å². The van der Waals surface area contributed by atoms with Gasteiger partial charge in [0.2, 0.25) is 0 Å². The van der Waals surface area contributed by atoms with Crippen molar-refractivity contribution >= 4 is 12.0 Å². The molecule has 1 unspecified atom stereocenters. The molecule has 3 N–H and O–H groups in total. The van der Waals surface area contributed by atoms with Crippen molar-refractivity contribution in [2.24, 2.45) is 23.5 Å². The second-order valence-corrected chi connectivity index (χ2v) is 9.10. The number of aromatic nitrogens is 1. The summed E-state index contributed by atoms with van der Waals surface area (Å²) in [7, 11) is 0. The van der Waals surface area contributed by atoms with E-state index in [4.69, 9.17) is 10.5 Å². The predicted molar refractivity (Wildman–Crippen MR) is 139 cm³/mol. The number of nitrogens with zero attached hydrogens (tertiary/aromatic N) is 1. The van der Waals surface area contributed by atoms with Gasteiger partial charge in [-0.15, -0.1) is 12.8 Å². The minimum absolute atomic E-state index is 0.0715. The highest BCUT2D eigenvalue weighted by Gasteiger charge is 2.66. The Bertz CT molecular complexity index is 1030. The number of carbonyl (C=O) groups excluding carboxylic acids is 1. The largest absolute Gasteiger partial charge is 0.460 e. The molecule has 1 aliphatic carbocycles. The lowest BCUT2D eigenvalue weighted by Gasteiger charge is -2.51. The van der Waals surface area contributed by atoms with Crippen molar-refractivity contribution in [3.8, 4) is 24.0 Å². The SMILES string of the molecule is C#C.CC.Cc1ccccc1-c1ccc(/C=C/[C@@]2(N)C(C)[C@@H](C)C[C@@]3(O)C(=O)O[C@H](C)[C@H]32)nc1. The number of pyridine rings is 1. The Balaban J connectivity index is 0.000000970. The number of aryl methyl sites for hydroxylation is 1. The van der Waals surface area contributed by atoms with Gasteiger partial charge < -0.3 is 15.6 Å². The highest BCUT2D eigenvalue weighted by molar-refractivity contribution is 5.83. The van der Waals surface area contributed by atoms with Crippen LogP contribution in [0.25, 0.3) is 17.2 Å². The number of carbonyl (C=O) groups is 1. The fourth-order valence-electron chi connectivity index (χ4n) is 5.37. The summed E-state index contributed by atoms with van der Waals surface area (Å²) in [6.45, 7) is 12.0. The van der Waals surface area contributed by atoms with Crippen molar-refractivity contribution in [1.29, 1.82) is 0 Å². The molecule has 5 nitrogen and oxygen atoms in total. The number of hydrogen-bond acceptors (Lipinski definition) is 5. The third-order valence-electron chi connectivity index (χ3n) is 7.23. The molecule has 2 fully saturated rings. The maximum absolute atomic E-state index is 12.4. The lowest BCUT2D eigenvalue weighted by molar-refractivity contribution is -0.161. The monoisotopic (exact) mass is 462 g/mol. The first-order valence-electron chi connectivity index (χ1n) is 11.9. The van der Waals surface area contributed by atoms with Crippen LogP contribution in [0.15, 0.2) is 48.7 Å². The second-order valence-electron chi connectivity index (χ2n) is 9.10. The van der Waals surface area contributed by atoms with Crippen LogP contribution in [0, 0.1) is 37.5 Å². The third kappa shape index (κ3) is 4.80. The molecule has 0 bridgehead atoms. The standard InChI is InChI=1S/C25H30N2O3.C2H6.C2H2/c1-15-7-5-6-8-21(15)19-9-10-20(27-14-19)11-12-24(26)17(3)16(2)13-25(29)22(24)18(4)30-23(25)28;2*1-2/h5-12,14,16-18,22,29H,13,26H2,1-4H3;1-2H3;1-2H/b12-11+;;/t16-,17?,18+,22-,24+,25-;;/m0../s1. The maximum atomic E-state index is 12.4. The van der Waals surface area contributed by atoms with E-state index in [0.717, 1.165) is 16.8 Å². The Labute approximate surface area is 204 Å². The Morgan fingerprint density at radius 3 is 2.38 bits per heavy atom. The van der Waals surface area contributed by atoms with Gasteiger partial charge in [0.25, 0.3) is 0 Å². The summed E-state index contributed by atoms with van der Waals surface area (Å²) in [5.41, 5.74) is 8.68. The minimum atomic E-state index is -1.54. The van der Waals surface area contributed by atoms with E-state index in [1.54, 1.807) is 0 Å². The molecule has 2 aliphatic rings. The first kappa shape index (κ1) is 27.3. The molecule has 4 rings (SSSR count). The summed E-state index contributed by atoms with van der Waals surface area (Å²) < 4.78 is 5.41. The van der Waals surface area contributed by atoms with Crippen LogP contribution in [0.2, 0.25) is 0 Å². The van der Waals surface area contributed by atoms with Gasteiger partial charge in [-0.3, -0.25) is 4.98 Å². The van der Waals surface area contributed by atoms with Gasteiger partial charge in [-0.1, -0.05) is 64.1 Å². The number of hydrogen-bond donors (Lipinski definition) is 2. The average molecular weight is 463 g/mol. The Hall–Kier alpha value is -2.94. The van der Waals surface area contributed by atoms with Crippen molar-refractivity contribution < 1.29 is 14.6 Å². The van der Waals surface area contributed by atoms with Crippen LogP contribution in [0.1, 0.15) is 52.3 Å². The zero-order valence-corrected chi connectivity index (χ0v) is 21.2. The third-order valence-corrected chi connectivity index (χ3v) is 7.23. The summed E-state index contributed by atoms with van der Waals surface area (Å²) in [6, 6.07) is 12.2. The van der Waals surface area contributed by atoms with Gasteiger partial charge >= 0.3 is 5.97 Å². The first-order chi connectivity index (χ1) is 16.2. The Kier molecular flexibility index (Phi) is 8.83. The molecule has 182 valence electrons. The second kappa shape index (κ2) is 11.0. The number of terminal acetylenes is 1. The zero-order valence-electron chi connectivity index (χ0n) is 21.2. The molecule has 0 radical (unpaired) electrons. The van der Waals surface area contributed by atoms with Crippen molar-refractivity contribution in [3.05, 3.63) is 59.9 Å². The van der Waals surface area contributed by atoms with E-state index in [0.29, 0.717) is 6.42 Å². The molecule has 1 aromatic carbocycles. The van der Waals surface area contributed by atoms with E-state index in [9.17, 15) is 9.90 Å². The van der Waals surface area contributed by atoms with E-state index >= 15 is 0 Å². The van der Waals surface area contributed by atoms with Crippen molar-refractivity contribution in [3.63, 3.8) is 0 Å². The van der Waals surface area contributed by atoms with Gasteiger partial charge in [-0.25, -0.2) is 4.79 Å². The Morgan fingerprint density at radius 1 is 1.15 bits per heavy atom. The molecule has 1 aliphatic heterocycles. The van der Waals surface area contributed by atoms with Crippen LogP contribution in [-0.4, -0.2) is 33.3 Å². The maximum Gasteiger partial charge on any atom is 0.338 e. The van der Waals surface area contributed by atoms with Crippen LogP contribution in [0.5, 0.6) is 0 Å². The normalized spacial score (nSPS) is 32.0. The molecule has 1 aromatic heterocycles. The van der Waals surface area contributed by atoms with Crippen LogP contribution >= 0.6 is 0 Å². The number of rotatable bonds is 3. The molecule has 2 aromatic rings. The highest BCUT2D eigenvalue weighted by Crippen LogP contribution is 2.52. The van der Waals surface area contributed by atoms with E-state index in [2.05, 4.69) is 43.8 Å². The topological polar surface area (TPSA) is 85.4 Å². The molecule has 5 heteroatoms. The molecular formula is C29H38N2O3. The van der Waals surface area contributed by atoms with Crippen molar-refractivity contribution in [1.82, 2.24) is 4.98 Å². The number of ether oxygens (including phenoxy) is 1. The molecular weight excluding hydrogens is 424 g/mol. The lowest BCUT2D eigenvalue weighted by Crippen LogP contribution is -2.66. The van der Waals surface area contributed by atoms with Gasteiger partial charge in [0.05, 0.1) is 11.6 Å². The van der Waals surface area contributed by atoms with Gasteiger partial charge in [-0.2, -0.15) is 0 Å².